The second-order valence-electron chi connectivity index (χ2n) is 9.53. The Labute approximate surface area is 196 Å². The molecule has 7 nitrogen and oxygen atoms in total. The zero-order chi connectivity index (χ0) is 25.1. The number of methoxy groups -OCH3 is 1. The van der Waals surface area contributed by atoms with Gasteiger partial charge in [0.05, 0.1) is 31.8 Å². The van der Waals surface area contributed by atoms with Crippen molar-refractivity contribution in [3.63, 3.8) is 0 Å². The van der Waals surface area contributed by atoms with Crippen LogP contribution in [-0.4, -0.2) is 48.8 Å². The first-order valence-corrected chi connectivity index (χ1v) is 11.7. The minimum Gasteiger partial charge on any atom is -0.496 e. The van der Waals surface area contributed by atoms with Crippen LogP contribution in [0, 0.1) is 11.8 Å². The fraction of sp³-hybridized carbons (Fsp3) is 0.654. The molecule has 7 heteroatoms. The first kappa shape index (κ1) is 26.8. The van der Waals surface area contributed by atoms with Crippen molar-refractivity contribution in [2.45, 2.75) is 78.2 Å². The maximum Gasteiger partial charge on any atom is 0.317 e. The van der Waals surface area contributed by atoms with Crippen LogP contribution in [-0.2, 0) is 23.9 Å². The molecule has 0 aromatic heterocycles. The Morgan fingerprint density at radius 2 is 1.52 bits per heavy atom. The Morgan fingerprint density at radius 3 is 1.94 bits per heavy atom. The molecule has 4 atom stereocenters. The topological polar surface area (TPSA) is 99.1 Å². The lowest BCUT2D eigenvalue weighted by molar-refractivity contribution is -0.172. The summed E-state index contributed by atoms with van der Waals surface area (Å²) in [4.78, 5) is 39.3. The van der Waals surface area contributed by atoms with Crippen LogP contribution in [0.25, 0.3) is 0 Å². The standard InChI is InChI=1S/C26H38O7/c1-9-32-24(28)21-19(27)13-26(7,30)22(25(29)33-10-2)20(21)16-11-17(14(3)4)23(31-8)18(12-16)15(5)6/h11-12,14-15,20-22,30H,9-10,13H2,1-8H3. The molecule has 0 amide bonds. The highest BCUT2D eigenvalue weighted by atomic mass is 16.5. The van der Waals surface area contributed by atoms with Crippen molar-refractivity contribution in [2.75, 3.05) is 20.3 Å². The number of carbonyl (C=O) groups is 3. The summed E-state index contributed by atoms with van der Waals surface area (Å²) in [7, 11) is 1.62. The maximum atomic E-state index is 13.2. The number of esters is 2. The summed E-state index contributed by atoms with van der Waals surface area (Å²) in [5.41, 5.74) is 0.753. The Balaban J connectivity index is 2.87. The highest BCUT2D eigenvalue weighted by Gasteiger charge is 2.57. The number of hydrogen-bond acceptors (Lipinski definition) is 7. The minimum atomic E-state index is -1.67. The van der Waals surface area contributed by atoms with E-state index in [0.29, 0.717) is 5.56 Å². The van der Waals surface area contributed by atoms with E-state index in [4.69, 9.17) is 14.2 Å². The predicted octanol–water partition coefficient (Wildman–Crippen LogP) is 4.11. The molecular weight excluding hydrogens is 424 g/mol. The van der Waals surface area contributed by atoms with Crippen molar-refractivity contribution < 1.29 is 33.7 Å². The van der Waals surface area contributed by atoms with E-state index in [0.717, 1.165) is 16.9 Å². The van der Waals surface area contributed by atoms with Gasteiger partial charge in [-0.15, -0.1) is 0 Å². The van der Waals surface area contributed by atoms with Crippen LogP contribution in [0.4, 0.5) is 0 Å². The van der Waals surface area contributed by atoms with E-state index < -0.39 is 41.1 Å². The van der Waals surface area contributed by atoms with E-state index in [1.807, 2.05) is 39.8 Å². The molecule has 184 valence electrons. The van der Waals surface area contributed by atoms with Crippen molar-refractivity contribution in [1.29, 1.82) is 0 Å². The number of ether oxygens (including phenoxy) is 3. The molecule has 2 rings (SSSR count). The molecule has 1 N–H and O–H groups in total. The third-order valence-corrected chi connectivity index (χ3v) is 6.35. The lowest BCUT2D eigenvalue weighted by Crippen LogP contribution is -2.55. The van der Waals surface area contributed by atoms with Gasteiger partial charge in [0.15, 0.2) is 5.78 Å². The summed E-state index contributed by atoms with van der Waals surface area (Å²) in [5.74, 6) is -4.12. The largest absolute Gasteiger partial charge is 0.496 e. The second kappa shape index (κ2) is 10.7. The first-order chi connectivity index (χ1) is 15.4. The van der Waals surface area contributed by atoms with Gasteiger partial charge < -0.3 is 19.3 Å². The third-order valence-electron chi connectivity index (χ3n) is 6.35. The van der Waals surface area contributed by atoms with Crippen LogP contribution >= 0.6 is 0 Å². The smallest absolute Gasteiger partial charge is 0.317 e. The van der Waals surface area contributed by atoms with Gasteiger partial charge in [-0.05, 0) is 49.3 Å². The van der Waals surface area contributed by atoms with Crippen LogP contribution < -0.4 is 4.74 Å². The average molecular weight is 463 g/mol. The summed E-state index contributed by atoms with van der Waals surface area (Å²) in [6.45, 7) is 13.1. The number of Topliss-reactive ketones (excluding diaryl/α,β-unsaturated/α-hetero) is 1. The third kappa shape index (κ3) is 5.40. The quantitative estimate of drug-likeness (QED) is 0.458. The predicted molar refractivity (Wildman–Crippen MR) is 124 cm³/mol. The zero-order valence-electron chi connectivity index (χ0n) is 21.1. The maximum absolute atomic E-state index is 13.2. The molecule has 0 bridgehead atoms. The van der Waals surface area contributed by atoms with Gasteiger partial charge in [0.25, 0.3) is 0 Å². The van der Waals surface area contributed by atoms with Crippen LogP contribution in [0.1, 0.15) is 89.3 Å². The van der Waals surface area contributed by atoms with E-state index in [-0.39, 0.29) is 31.5 Å². The van der Waals surface area contributed by atoms with Crippen LogP contribution in [0.5, 0.6) is 5.75 Å². The van der Waals surface area contributed by atoms with Gasteiger partial charge in [0.2, 0.25) is 0 Å². The zero-order valence-corrected chi connectivity index (χ0v) is 21.1. The van der Waals surface area contributed by atoms with E-state index >= 15 is 0 Å². The summed E-state index contributed by atoms with van der Waals surface area (Å²) in [5, 5.41) is 11.2. The van der Waals surface area contributed by atoms with Gasteiger partial charge in [0.1, 0.15) is 11.7 Å². The summed E-state index contributed by atoms with van der Waals surface area (Å²) in [6, 6.07) is 3.76. The monoisotopic (exact) mass is 462 g/mol. The first-order valence-electron chi connectivity index (χ1n) is 11.7. The van der Waals surface area contributed by atoms with Crippen molar-refractivity contribution in [3.05, 3.63) is 28.8 Å². The van der Waals surface area contributed by atoms with Crippen molar-refractivity contribution in [1.82, 2.24) is 0 Å². The molecule has 1 aromatic carbocycles. The Hall–Kier alpha value is -2.41. The molecule has 0 saturated heterocycles. The van der Waals surface area contributed by atoms with Crippen LogP contribution in [0.3, 0.4) is 0 Å². The molecule has 1 aromatic rings. The van der Waals surface area contributed by atoms with Gasteiger partial charge in [-0.2, -0.15) is 0 Å². The molecule has 1 aliphatic carbocycles. The molecule has 0 spiro atoms. The van der Waals surface area contributed by atoms with Crippen molar-refractivity contribution in [3.8, 4) is 5.75 Å². The van der Waals surface area contributed by atoms with E-state index in [1.165, 1.54) is 6.92 Å². The molecule has 0 radical (unpaired) electrons. The van der Waals surface area contributed by atoms with Crippen LogP contribution in [0.2, 0.25) is 0 Å². The van der Waals surface area contributed by atoms with Gasteiger partial charge in [-0.3, -0.25) is 14.4 Å². The Bertz CT molecular complexity index is 856. The van der Waals surface area contributed by atoms with Crippen molar-refractivity contribution >= 4 is 17.7 Å². The fourth-order valence-corrected chi connectivity index (χ4v) is 4.86. The van der Waals surface area contributed by atoms with Gasteiger partial charge in [-0.1, -0.05) is 39.8 Å². The lowest BCUT2D eigenvalue weighted by atomic mass is 9.61. The van der Waals surface area contributed by atoms with Gasteiger partial charge in [0, 0.05) is 12.3 Å². The van der Waals surface area contributed by atoms with Gasteiger partial charge >= 0.3 is 11.9 Å². The van der Waals surface area contributed by atoms with E-state index in [2.05, 4.69) is 0 Å². The highest BCUT2D eigenvalue weighted by Crippen LogP contribution is 2.49. The normalized spacial score (nSPS) is 25.3. The molecule has 0 heterocycles. The fourth-order valence-electron chi connectivity index (χ4n) is 4.86. The number of rotatable bonds is 8. The SMILES string of the molecule is CCOC(=O)C1C(=O)CC(C)(O)C(C(=O)OCC)C1c1cc(C(C)C)c(OC)c(C(C)C)c1. The molecule has 1 fully saturated rings. The highest BCUT2D eigenvalue weighted by molar-refractivity contribution is 6.02. The molecule has 0 aliphatic heterocycles. The molecule has 1 saturated carbocycles. The summed E-state index contributed by atoms with van der Waals surface area (Å²) in [6.07, 6.45) is -0.333. The Morgan fingerprint density at radius 1 is 1.03 bits per heavy atom. The van der Waals surface area contributed by atoms with Gasteiger partial charge in [-0.25, -0.2) is 0 Å². The van der Waals surface area contributed by atoms with Crippen molar-refractivity contribution in [2.24, 2.45) is 11.8 Å². The summed E-state index contributed by atoms with van der Waals surface area (Å²) >= 11 is 0. The average Bonchev–Trinajstić information content (AvgIpc) is 2.71. The minimum absolute atomic E-state index is 0.0827. The lowest BCUT2D eigenvalue weighted by Gasteiger charge is -2.44. The molecule has 4 unspecified atom stereocenters. The molecule has 33 heavy (non-hydrogen) atoms. The number of ketones is 1. The van der Waals surface area contributed by atoms with E-state index in [9.17, 15) is 19.5 Å². The van der Waals surface area contributed by atoms with Crippen LogP contribution in [0.15, 0.2) is 12.1 Å². The molecular formula is C26H38O7. The van der Waals surface area contributed by atoms with E-state index in [1.54, 1.807) is 21.0 Å². The molecule has 1 aliphatic rings. The number of aliphatic hydroxyl groups is 1. The summed E-state index contributed by atoms with van der Waals surface area (Å²) < 4.78 is 16.3. The number of benzene rings is 1. The number of carbonyl (C=O) groups excluding carboxylic acids is 3. The second-order valence-corrected chi connectivity index (χ2v) is 9.53. The Kier molecular flexibility index (Phi) is 8.69. The number of hydrogen-bond donors (Lipinski definition) is 1.